The van der Waals surface area contributed by atoms with E-state index in [0.29, 0.717) is 48.2 Å². The number of nitrogens with one attached hydrogen (secondary N) is 3. The van der Waals surface area contributed by atoms with Crippen LogP contribution in [0.5, 0.6) is 11.5 Å². The van der Waals surface area contributed by atoms with E-state index in [0.717, 1.165) is 38.0 Å². The van der Waals surface area contributed by atoms with Gasteiger partial charge in [-0.15, -0.1) is 0 Å². The number of carbonyl (C=O) groups excluding carboxylic acids is 2. The Morgan fingerprint density at radius 1 is 0.941 bits per heavy atom. The van der Waals surface area contributed by atoms with Crippen LogP contribution in [0.4, 0.5) is 21.9 Å². The second kappa shape index (κ2) is 12.7. The van der Waals surface area contributed by atoms with Crippen LogP contribution in [-0.2, 0) is 4.74 Å². The van der Waals surface area contributed by atoms with Crippen molar-refractivity contribution in [1.29, 1.82) is 0 Å². The number of methoxy groups -OCH3 is 2. The van der Waals surface area contributed by atoms with E-state index in [9.17, 15) is 9.59 Å². The van der Waals surface area contributed by atoms with E-state index in [-0.39, 0.29) is 5.91 Å². The number of urea groups is 1. The van der Waals surface area contributed by atoms with Gasteiger partial charge in [0.05, 0.1) is 19.8 Å². The third kappa shape index (κ3) is 7.02. The van der Waals surface area contributed by atoms with Crippen LogP contribution < -0.4 is 30.3 Å². The fourth-order valence-corrected chi connectivity index (χ4v) is 3.82. The molecule has 3 N–H and O–H groups in total. The Morgan fingerprint density at radius 3 is 2.26 bits per heavy atom. The first-order valence-corrected chi connectivity index (χ1v) is 11.6. The van der Waals surface area contributed by atoms with E-state index in [4.69, 9.17) is 14.2 Å². The Labute approximate surface area is 200 Å². The Bertz CT molecular complexity index is 954. The van der Waals surface area contributed by atoms with E-state index in [1.54, 1.807) is 38.5 Å². The molecule has 9 nitrogen and oxygen atoms in total. The number of carbonyl (C=O) groups is 2. The molecule has 34 heavy (non-hydrogen) atoms. The zero-order chi connectivity index (χ0) is 24.3. The van der Waals surface area contributed by atoms with Crippen LogP contribution in [0.3, 0.4) is 0 Å². The maximum atomic E-state index is 13.0. The van der Waals surface area contributed by atoms with Crippen molar-refractivity contribution in [2.75, 3.05) is 62.6 Å². The van der Waals surface area contributed by atoms with Gasteiger partial charge in [-0.2, -0.15) is 0 Å². The van der Waals surface area contributed by atoms with Gasteiger partial charge >= 0.3 is 6.03 Å². The number of benzene rings is 2. The zero-order valence-corrected chi connectivity index (χ0v) is 20.1. The van der Waals surface area contributed by atoms with Crippen molar-refractivity contribution < 1.29 is 23.8 Å². The highest BCUT2D eigenvalue weighted by Crippen LogP contribution is 2.29. The molecular formula is C25H34N4O5. The molecule has 3 rings (SSSR count). The molecule has 0 bridgehead atoms. The summed E-state index contributed by atoms with van der Waals surface area (Å²) in [5, 5.41) is 8.56. The lowest BCUT2D eigenvalue weighted by Gasteiger charge is -2.22. The Balaban J connectivity index is 1.72. The topological polar surface area (TPSA) is 101 Å². The average molecular weight is 471 g/mol. The van der Waals surface area contributed by atoms with Gasteiger partial charge in [0.25, 0.3) is 5.91 Å². The number of amides is 3. The standard InChI is InChI=1S/C25H34N4O5/c1-4-34-13-7-10-26-24(30)22-16-18(8-9-23(22)29-11-5-6-12-29)27-25(31)28-19-14-20(32-2)17-21(15-19)33-3/h8-9,14-17H,4-7,10-13H2,1-3H3,(H,26,30)(H2,27,28,31). The molecule has 1 saturated heterocycles. The Hall–Kier alpha value is -3.46. The smallest absolute Gasteiger partial charge is 0.323 e. The minimum Gasteiger partial charge on any atom is -0.497 e. The van der Waals surface area contributed by atoms with Crippen molar-refractivity contribution in [3.05, 3.63) is 42.0 Å². The lowest BCUT2D eigenvalue weighted by molar-refractivity contribution is 0.0944. The maximum Gasteiger partial charge on any atom is 0.323 e. The summed E-state index contributed by atoms with van der Waals surface area (Å²) >= 11 is 0. The van der Waals surface area contributed by atoms with Crippen LogP contribution in [0.2, 0.25) is 0 Å². The summed E-state index contributed by atoms with van der Waals surface area (Å²) in [4.78, 5) is 27.8. The second-order valence-corrected chi connectivity index (χ2v) is 7.91. The van der Waals surface area contributed by atoms with Crippen LogP contribution in [0.1, 0.15) is 36.5 Å². The van der Waals surface area contributed by atoms with Gasteiger partial charge in [0, 0.05) is 68.1 Å². The van der Waals surface area contributed by atoms with Gasteiger partial charge < -0.3 is 35.1 Å². The fourth-order valence-electron chi connectivity index (χ4n) is 3.82. The minimum atomic E-state index is -0.438. The van der Waals surface area contributed by atoms with Gasteiger partial charge in [-0.1, -0.05) is 0 Å². The molecule has 2 aromatic carbocycles. The summed E-state index contributed by atoms with van der Waals surface area (Å²) in [6.07, 6.45) is 2.94. The van der Waals surface area contributed by atoms with E-state index in [2.05, 4.69) is 20.9 Å². The maximum absolute atomic E-state index is 13.0. The summed E-state index contributed by atoms with van der Waals surface area (Å²) in [6, 6.07) is 10.1. The van der Waals surface area contributed by atoms with Gasteiger partial charge in [0.2, 0.25) is 0 Å². The lowest BCUT2D eigenvalue weighted by atomic mass is 10.1. The number of hydrogen-bond acceptors (Lipinski definition) is 6. The Kier molecular flexibility index (Phi) is 9.40. The molecule has 0 saturated carbocycles. The van der Waals surface area contributed by atoms with Crippen LogP contribution in [-0.4, -0.2) is 59.0 Å². The molecule has 3 amide bonds. The SMILES string of the molecule is CCOCCCNC(=O)c1cc(NC(=O)Nc2cc(OC)cc(OC)c2)ccc1N1CCCC1. The van der Waals surface area contributed by atoms with Crippen LogP contribution in [0.15, 0.2) is 36.4 Å². The van der Waals surface area contributed by atoms with Gasteiger partial charge in [-0.3, -0.25) is 4.79 Å². The van der Waals surface area contributed by atoms with E-state index >= 15 is 0 Å². The highest BCUT2D eigenvalue weighted by molar-refractivity contribution is 6.04. The van der Waals surface area contributed by atoms with Crippen molar-refractivity contribution in [2.45, 2.75) is 26.2 Å². The van der Waals surface area contributed by atoms with Gasteiger partial charge in [0.15, 0.2) is 0 Å². The number of anilines is 3. The molecule has 1 aliphatic rings. The van der Waals surface area contributed by atoms with Crippen LogP contribution >= 0.6 is 0 Å². The third-order valence-corrected chi connectivity index (χ3v) is 5.51. The number of nitrogens with zero attached hydrogens (tertiary/aromatic N) is 1. The summed E-state index contributed by atoms with van der Waals surface area (Å²) in [6.45, 7) is 5.55. The van der Waals surface area contributed by atoms with Crippen molar-refractivity contribution >= 4 is 29.0 Å². The third-order valence-electron chi connectivity index (χ3n) is 5.51. The normalized spacial score (nSPS) is 12.9. The first-order chi connectivity index (χ1) is 16.5. The molecule has 0 unspecified atom stereocenters. The summed E-state index contributed by atoms with van der Waals surface area (Å²) in [5.74, 6) is 0.959. The van der Waals surface area contributed by atoms with Gasteiger partial charge in [-0.05, 0) is 44.4 Å². The molecule has 9 heteroatoms. The molecule has 0 aliphatic carbocycles. The number of ether oxygens (including phenoxy) is 3. The van der Waals surface area contributed by atoms with Crippen molar-refractivity contribution in [3.8, 4) is 11.5 Å². The van der Waals surface area contributed by atoms with E-state index < -0.39 is 6.03 Å². The van der Waals surface area contributed by atoms with Gasteiger partial charge in [0.1, 0.15) is 11.5 Å². The van der Waals surface area contributed by atoms with E-state index in [1.807, 2.05) is 19.1 Å². The highest BCUT2D eigenvalue weighted by atomic mass is 16.5. The first-order valence-electron chi connectivity index (χ1n) is 11.6. The first kappa shape index (κ1) is 25.2. The quantitative estimate of drug-likeness (QED) is 0.428. The molecule has 184 valence electrons. The highest BCUT2D eigenvalue weighted by Gasteiger charge is 2.20. The average Bonchev–Trinajstić information content (AvgIpc) is 3.38. The van der Waals surface area contributed by atoms with Crippen molar-refractivity contribution in [1.82, 2.24) is 5.32 Å². The molecule has 0 atom stereocenters. The van der Waals surface area contributed by atoms with Crippen LogP contribution in [0.25, 0.3) is 0 Å². The molecule has 1 fully saturated rings. The fraction of sp³-hybridized carbons (Fsp3) is 0.440. The molecule has 1 aliphatic heterocycles. The molecule has 2 aromatic rings. The number of rotatable bonds is 11. The molecular weight excluding hydrogens is 436 g/mol. The minimum absolute atomic E-state index is 0.167. The van der Waals surface area contributed by atoms with Crippen LogP contribution in [0, 0.1) is 0 Å². The lowest BCUT2D eigenvalue weighted by Crippen LogP contribution is -2.29. The predicted molar refractivity (Wildman–Crippen MR) is 134 cm³/mol. The predicted octanol–water partition coefficient (Wildman–Crippen LogP) is 4.10. The summed E-state index contributed by atoms with van der Waals surface area (Å²) < 4.78 is 15.8. The van der Waals surface area contributed by atoms with Crippen molar-refractivity contribution in [2.24, 2.45) is 0 Å². The van der Waals surface area contributed by atoms with E-state index in [1.165, 1.54) is 0 Å². The molecule has 0 radical (unpaired) electrons. The second-order valence-electron chi connectivity index (χ2n) is 7.91. The molecule has 0 aromatic heterocycles. The molecule has 0 spiro atoms. The zero-order valence-electron chi connectivity index (χ0n) is 20.1. The van der Waals surface area contributed by atoms with Gasteiger partial charge in [-0.25, -0.2) is 4.79 Å². The summed E-state index contributed by atoms with van der Waals surface area (Å²) in [5.41, 5.74) is 2.46. The molecule has 1 heterocycles. The summed E-state index contributed by atoms with van der Waals surface area (Å²) in [7, 11) is 3.09. The number of hydrogen-bond donors (Lipinski definition) is 3. The Morgan fingerprint density at radius 2 is 1.62 bits per heavy atom. The largest absolute Gasteiger partial charge is 0.497 e. The monoisotopic (exact) mass is 470 g/mol. The van der Waals surface area contributed by atoms with Crippen molar-refractivity contribution in [3.63, 3.8) is 0 Å².